The van der Waals surface area contributed by atoms with Crippen LogP contribution < -0.4 is 16.4 Å². The molecule has 124 valence electrons. The Bertz CT molecular complexity index is 998. The van der Waals surface area contributed by atoms with Crippen LogP contribution in [0.25, 0.3) is 10.2 Å². The van der Waals surface area contributed by atoms with Gasteiger partial charge in [-0.3, -0.25) is 0 Å². The third kappa shape index (κ3) is 3.40. The molecule has 0 unspecified atom stereocenters. The second-order valence-electron chi connectivity index (χ2n) is 5.23. The minimum Gasteiger partial charge on any atom is -0.393 e. The number of anilines is 5. The number of nitrogen functional groups attached to an aromatic ring is 1. The van der Waals surface area contributed by atoms with E-state index in [0.717, 1.165) is 25.5 Å². The van der Waals surface area contributed by atoms with Crippen LogP contribution in [0.15, 0.2) is 59.3 Å². The average molecular weight is 413 g/mol. The van der Waals surface area contributed by atoms with E-state index in [4.69, 9.17) is 5.73 Å². The first kappa shape index (κ1) is 15.8. The van der Waals surface area contributed by atoms with Crippen LogP contribution in [0, 0.1) is 0 Å². The van der Waals surface area contributed by atoms with E-state index in [1.54, 1.807) is 11.3 Å². The highest BCUT2D eigenvalue weighted by Gasteiger charge is 2.11. The molecule has 0 saturated heterocycles. The van der Waals surface area contributed by atoms with Gasteiger partial charge in [0.15, 0.2) is 16.8 Å². The molecule has 2 aromatic carbocycles. The fraction of sp³-hybridized carbons (Fsp3) is 0. The normalized spacial score (nSPS) is 10.8. The van der Waals surface area contributed by atoms with Gasteiger partial charge in [0.05, 0.1) is 10.2 Å². The number of rotatable bonds is 4. The van der Waals surface area contributed by atoms with Crippen LogP contribution in [0.2, 0.25) is 0 Å². The molecular formula is C17H13BrN6S. The summed E-state index contributed by atoms with van der Waals surface area (Å²) in [5.41, 5.74) is 8.48. The summed E-state index contributed by atoms with van der Waals surface area (Å²) in [4.78, 5) is 13.0. The van der Waals surface area contributed by atoms with E-state index >= 15 is 0 Å². The first-order valence-electron chi connectivity index (χ1n) is 7.45. The number of benzene rings is 2. The molecule has 4 aromatic rings. The third-order valence-electron chi connectivity index (χ3n) is 3.51. The van der Waals surface area contributed by atoms with Crippen LogP contribution in [-0.2, 0) is 0 Å². The number of fused-ring (bicyclic) bond motifs is 1. The molecule has 8 heteroatoms. The third-order valence-corrected chi connectivity index (χ3v) is 4.99. The molecule has 0 aliphatic carbocycles. The highest BCUT2D eigenvalue weighted by Crippen LogP contribution is 2.32. The number of halogens is 1. The van der Waals surface area contributed by atoms with Crippen molar-refractivity contribution in [2.75, 3.05) is 16.4 Å². The fourth-order valence-electron chi connectivity index (χ4n) is 2.29. The second-order valence-corrected chi connectivity index (χ2v) is 7.17. The van der Waals surface area contributed by atoms with Crippen LogP contribution in [0.3, 0.4) is 0 Å². The van der Waals surface area contributed by atoms with Gasteiger partial charge in [0.2, 0.25) is 0 Å². The summed E-state index contributed by atoms with van der Waals surface area (Å²) in [6.07, 6.45) is 1.47. The number of nitrogens with zero attached hydrogens (tertiary/aromatic N) is 3. The highest BCUT2D eigenvalue weighted by atomic mass is 79.9. The molecule has 0 atom stereocenters. The number of nitrogens with one attached hydrogen (secondary N) is 2. The van der Waals surface area contributed by atoms with E-state index in [0.29, 0.717) is 17.3 Å². The summed E-state index contributed by atoms with van der Waals surface area (Å²) in [5.74, 6) is 1.06. The van der Waals surface area contributed by atoms with Gasteiger partial charge >= 0.3 is 0 Å². The molecule has 0 bridgehead atoms. The van der Waals surface area contributed by atoms with Gasteiger partial charge in [0, 0.05) is 10.2 Å². The largest absolute Gasteiger partial charge is 0.393 e. The lowest BCUT2D eigenvalue weighted by Crippen LogP contribution is -2.05. The summed E-state index contributed by atoms with van der Waals surface area (Å²) in [7, 11) is 0. The van der Waals surface area contributed by atoms with Gasteiger partial charge in [0.1, 0.15) is 12.0 Å². The Balaban J connectivity index is 1.61. The molecule has 0 spiro atoms. The predicted molar refractivity (Wildman–Crippen MR) is 107 cm³/mol. The smallest absolute Gasteiger partial charge is 0.189 e. The summed E-state index contributed by atoms with van der Waals surface area (Å²) in [6.45, 7) is 0. The minimum atomic E-state index is 0.435. The van der Waals surface area contributed by atoms with Crippen molar-refractivity contribution >= 4 is 65.6 Å². The average Bonchev–Trinajstić information content (AvgIpc) is 3.03. The summed E-state index contributed by atoms with van der Waals surface area (Å²) in [6, 6.07) is 15.7. The lowest BCUT2D eigenvalue weighted by atomic mass is 10.3. The Kier molecular flexibility index (Phi) is 4.21. The summed E-state index contributed by atoms with van der Waals surface area (Å²) < 4.78 is 2.11. The van der Waals surface area contributed by atoms with E-state index in [-0.39, 0.29) is 0 Å². The van der Waals surface area contributed by atoms with Crippen LogP contribution in [0.1, 0.15) is 0 Å². The van der Waals surface area contributed by atoms with Crippen LogP contribution in [0.5, 0.6) is 0 Å². The first-order valence-corrected chi connectivity index (χ1v) is 9.05. The predicted octanol–water partition coefficient (Wildman–Crippen LogP) is 4.92. The lowest BCUT2D eigenvalue weighted by molar-refractivity contribution is 1.17. The Hall–Kier alpha value is -2.71. The van der Waals surface area contributed by atoms with Crippen molar-refractivity contribution in [3.05, 3.63) is 59.3 Å². The zero-order chi connectivity index (χ0) is 17.2. The monoisotopic (exact) mass is 412 g/mol. The number of thiazole rings is 1. The molecule has 0 saturated carbocycles. The summed E-state index contributed by atoms with van der Waals surface area (Å²) in [5, 5.41) is 7.12. The molecule has 4 rings (SSSR count). The van der Waals surface area contributed by atoms with Gasteiger partial charge in [-0.05, 0) is 36.4 Å². The van der Waals surface area contributed by atoms with Gasteiger partial charge in [-0.25, -0.2) is 15.0 Å². The van der Waals surface area contributed by atoms with Gasteiger partial charge < -0.3 is 16.4 Å². The Morgan fingerprint density at radius 3 is 2.40 bits per heavy atom. The molecule has 0 aliphatic rings. The molecule has 2 heterocycles. The van der Waals surface area contributed by atoms with Crippen molar-refractivity contribution < 1.29 is 0 Å². The number of nitrogens with two attached hydrogens (primary N) is 1. The van der Waals surface area contributed by atoms with Gasteiger partial charge in [-0.2, -0.15) is 0 Å². The van der Waals surface area contributed by atoms with Crippen LogP contribution >= 0.6 is 27.3 Å². The molecule has 2 aromatic heterocycles. The summed E-state index contributed by atoms with van der Waals surface area (Å²) >= 11 is 4.96. The molecular weight excluding hydrogens is 400 g/mol. The highest BCUT2D eigenvalue weighted by molar-refractivity contribution is 9.10. The van der Waals surface area contributed by atoms with Crippen molar-refractivity contribution in [3.63, 3.8) is 0 Å². The van der Waals surface area contributed by atoms with Crippen LogP contribution in [-0.4, -0.2) is 15.0 Å². The SMILES string of the molecule is Nc1c(Nc2ccc(Br)cc2)ncnc1Nc1nc2ccccc2s1. The fourth-order valence-corrected chi connectivity index (χ4v) is 3.42. The minimum absolute atomic E-state index is 0.435. The van der Waals surface area contributed by atoms with Gasteiger partial charge in [0.25, 0.3) is 0 Å². The second kappa shape index (κ2) is 6.66. The van der Waals surface area contributed by atoms with Crippen molar-refractivity contribution in [2.24, 2.45) is 0 Å². The molecule has 6 nitrogen and oxygen atoms in total. The van der Waals surface area contributed by atoms with E-state index in [9.17, 15) is 0 Å². The van der Waals surface area contributed by atoms with E-state index in [1.165, 1.54) is 6.33 Å². The molecule has 0 amide bonds. The number of hydrogen-bond donors (Lipinski definition) is 3. The maximum Gasteiger partial charge on any atom is 0.189 e. The van der Waals surface area contributed by atoms with Crippen molar-refractivity contribution in [1.29, 1.82) is 0 Å². The number of aromatic nitrogens is 3. The Morgan fingerprint density at radius 2 is 1.64 bits per heavy atom. The molecule has 0 fully saturated rings. The number of para-hydroxylation sites is 1. The van der Waals surface area contributed by atoms with Crippen molar-refractivity contribution in [1.82, 2.24) is 15.0 Å². The Labute approximate surface area is 156 Å². The molecule has 25 heavy (non-hydrogen) atoms. The molecule has 4 N–H and O–H groups in total. The number of hydrogen-bond acceptors (Lipinski definition) is 7. The maximum atomic E-state index is 6.22. The molecule has 0 radical (unpaired) electrons. The quantitative estimate of drug-likeness (QED) is 0.440. The van der Waals surface area contributed by atoms with Crippen LogP contribution in [0.4, 0.5) is 28.1 Å². The van der Waals surface area contributed by atoms with Gasteiger partial charge in [-0.15, -0.1) is 0 Å². The maximum absolute atomic E-state index is 6.22. The van der Waals surface area contributed by atoms with Gasteiger partial charge in [-0.1, -0.05) is 39.4 Å². The lowest BCUT2D eigenvalue weighted by Gasteiger charge is -2.11. The standard InChI is InChI=1S/C17H13BrN6S/c18-10-5-7-11(8-6-10)22-15-14(19)16(21-9-20-15)24-17-23-12-3-1-2-4-13(12)25-17/h1-9H,19H2,(H2,20,21,22,23,24). The van der Waals surface area contributed by atoms with Crippen molar-refractivity contribution in [2.45, 2.75) is 0 Å². The zero-order valence-electron chi connectivity index (χ0n) is 12.9. The first-order chi connectivity index (χ1) is 12.2. The van der Waals surface area contributed by atoms with Crippen molar-refractivity contribution in [3.8, 4) is 0 Å². The zero-order valence-corrected chi connectivity index (χ0v) is 15.3. The Morgan fingerprint density at radius 1 is 0.920 bits per heavy atom. The van der Waals surface area contributed by atoms with E-state index in [2.05, 4.69) is 41.5 Å². The molecule has 0 aliphatic heterocycles. The topological polar surface area (TPSA) is 88.8 Å². The van der Waals surface area contributed by atoms with E-state index < -0.39 is 0 Å². The van der Waals surface area contributed by atoms with E-state index in [1.807, 2.05) is 48.5 Å².